The van der Waals surface area contributed by atoms with E-state index in [-0.39, 0.29) is 27.5 Å². The van der Waals surface area contributed by atoms with E-state index in [9.17, 15) is 25.2 Å². The number of nitrogens with two attached hydrogens (primary N) is 2. The molecule has 0 bridgehead atoms. The quantitative estimate of drug-likeness (QED) is 0.327. The van der Waals surface area contributed by atoms with Crippen molar-refractivity contribution in [3.05, 3.63) is 28.2 Å². The van der Waals surface area contributed by atoms with Gasteiger partial charge in [-0.2, -0.15) is 0 Å². The Hall–Kier alpha value is -2.28. The Bertz CT molecular complexity index is 932. The fourth-order valence-corrected chi connectivity index (χ4v) is 3.16. The van der Waals surface area contributed by atoms with Crippen LogP contribution in [0.2, 0.25) is 10.0 Å². The second-order valence-corrected chi connectivity index (χ2v) is 6.79. The number of hydrogen-bond acceptors (Lipinski definition) is 9. The third-order valence-electron chi connectivity index (χ3n) is 4.20. The number of ether oxygens (including phenoxy) is 1. The van der Waals surface area contributed by atoms with Crippen molar-refractivity contribution >= 4 is 40.9 Å². The van der Waals surface area contributed by atoms with Crippen LogP contribution >= 0.6 is 23.2 Å². The topological polar surface area (TPSA) is 189 Å². The number of carboxylic acids is 1. The van der Waals surface area contributed by atoms with E-state index in [2.05, 4.69) is 10.1 Å². The summed E-state index contributed by atoms with van der Waals surface area (Å²) in [4.78, 5) is 15.2. The number of aliphatic carboxylic acids is 1. The van der Waals surface area contributed by atoms with Crippen LogP contribution in [0.15, 0.2) is 18.2 Å². The molecule has 150 valence electrons. The van der Waals surface area contributed by atoms with E-state index in [1.807, 2.05) is 0 Å². The Morgan fingerprint density at radius 3 is 2.46 bits per heavy atom. The molecule has 1 aromatic heterocycles. The normalized spacial score (nSPS) is 27.5. The molecular formula is C15H16Cl2N5O6+. The number of halogens is 2. The van der Waals surface area contributed by atoms with Crippen molar-refractivity contribution in [1.82, 2.24) is 10.1 Å². The van der Waals surface area contributed by atoms with Gasteiger partial charge in [0.05, 0.1) is 10.0 Å². The smallest absolute Gasteiger partial charge is 0.413 e. The molecule has 2 heterocycles. The Balaban J connectivity index is 2.12. The van der Waals surface area contributed by atoms with Crippen molar-refractivity contribution in [2.24, 2.45) is 0 Å². The Morgan fingerprint density at radius 2 is 1.82 bits per heavy atom. The van der Waals surface area contributed by atoms with E-state index in [1.165, 1.54) is 0 Å². The molecule has 1 saturated heterocycles. The Morgan fingerprint density at radius 1 is 1.14 bits per heavy atom. The lowest BCUT2D eigenvalue weighted by atomic mass is 9.98. The predicted molar refractivity (Wildman–Crippen MR) is 96.1 cm³/mol. The summed E-state index contributed by atoms with van der Waals surface area (Å²) in [5.74, 6) is -2.00. The molecule has 0 saturated carbocycles. The van der Waals surface area contributed by atoms with E-state index in [4.69, 9.17) is 39.4 Å². The predicted octanol–water partition coefficient (Wildman–Crippen LogP) is -1.03. The molecule has 3 rings (SSSR count). The minimum atomic E-state index is -1.87. The molecular weight excluding hydrogens is 417 g/mol. The van der Waals surface area contributed by atoms with E-state index in [0.717, 1.165) is 4.68 Å². The standard InChI is InChI=1S/C15H15Cl2N5O6/c16-5-3-1-2-4(6(5)17)7-12(18)20-15(19)22(21-7)13-10(25)8(23)9(24)11(28-13)14(26)27/h1-3,8-11,13,23-25H,(H4,18,19,20,26,27)/p+1/t8-,9-,10+,11-,13+/m0/s1. The lowest BCUT2D eigenvalue weighted by molar-refractivity contribution is -0.813. The van der Waals surface area contributed by atoms with Gasteiger partial charge in [0, 0.05) is 5.56 Å². The number of anilines is 2. The minimum absolute atomic E-state index is 0.0324. The number of aliphatic hydroxyl groups is 3. The molecule has 0 aliphatic carbocycles. The van der Waals surface area contributed by atoms with Gasteiger partial charge in [-0.1, -0.05) is 35.3 Å². The summed E-state index contributed by atoms with van der Waals surface area (Å²) >= 11 is 12.2. The zero-order valence-electron chi connectivity index (χ0n) is 14.0. The Kier molecular flexibility index (Phi) is 5.57. The minimum Gasteiger partial charge on any atom is -0.479 e. The lowest BCUT2D eigenvalue weighted by Gasteiger charge is -2.37. The number of hydrogen-bond donors (Lipinski definition) is 6. The van der Waals surface area contributed by atoms with Crippen molar-refractivity contribution in [1.29, 1.82) is 0 Å². The number of nitrogens with zero attached hydrogens (tertiary/aromatic N) is 3. The first-order chi connectivity index (χ1) is 13.1. The number of rotatable bonds is 3. The summed E-state index contributed by atoms with van der Waals surface area (Å²) in [5.41, 5.74) is 12.0. The third-order valence-corrected chi connectivity index (χ3v) is 5.02. The van der Waals surface area contributed by atoms with Gasteiger partial charge in [-0.15, -0.1) is 9.78 Å². The van der Waals surface area contributed by atoms with Crippen LogP contribution in [0.5, 0.6) is 0 Å². The molecule has 0 radical (unpaired) electrons. The fraction of sp³-hybridized carbons (Fsp3) is 0.333. The SMILES string of the molecule is Nc1nc(N)[n+]([C@@H]2O[C@H](C(=O)O)[C@@H](O)[C@H](O)[C@H]2O)nc1-c1cccc(Cl)c1Cl. The maximum absolute atomic E-state index is 11.3. The number of benzene rings is 1. The monoisotopic (exact) mass is 432 g/mol. The second-order valence-electron chi connectivity index (χ2n) is 6.01. The van der Waals surface area contributed by atoms with Crippen molar-refractivity contribution in [2.45, 2.75) is 30.6 Å². The maximum atomic E-state index is 11.3. The molecule has 1 aliphatic heterocycles. The van der Waals surface area contributed by atoms with Crippen LogP contribution in [0, 0.1) is 0 Å². The van der Waals surface area contributed by atoms with Crippen LogP contribution in [-0.4, -0.2) is 60.9 Å². The van der Waals surface area contributed by atoms with Crippen LogP contribution in [0.1, 0.15) is 6.23 Å². The largest absolute Gasteiger partial charge is 0.479 e. The molecule has 28 heavy (non-hydrogen) atoms. The van der Waals surface area contributed by atoms with Gasteiger partial charge in [0.2, 0.25) is 12.0 Å². The van der Waals surface area contributed by atoms with E-state index in [0.29, 0.717) is 5.56 Å². The summed E-state index contributed by atoms with van der Waals surface area (Å²) in [5, 5.41) is 43.8. The highest BCUT2D eigenvalue weighted by atomic mass is 35.5. The average molecular weight is 433 g/mol. The van der Waals surface area contributed by atoms with Gasteiger partial charge in [0.25, 0.3) is 0 Å². The van der Waals surface area contributed by atoms with Gasteiger partial charge in [0.15, 0.2) is 11.8 Å². The first-order valence-corrected chi connectivity index (χ1v) is 8.60. The molecule has 0 spiro atoms. The van der Waals surface area contributed by atoms with Crippen LogP contribution in [0.25, 0.3) is 11.3 Å². The molecule has 11 nitrogen and oxygen atoms in total. The van der Waals surface area contributed by atoms with Crippen molar-refractivity contribution < 1.29 is 34.6 Å². The highest BCUT2D eigenvalue weighted by Gasteiger charge is 2.50. The zero-order valence-corrected chi connectivity index (χ0v) is 15.5. The number of aromatic nitrogens is 3. The molecule has 1 fully saturated rings. The zero-order chi connectivity index (χ0) is 20.7. The average Bonchev–Trinajstić information content (AvgIpc) is 2.63. The van der Waals surface area contributed by atoms with Gasteiger partial charge in [-0.3, -0.25) is 5.73 Å². The van der Waals surface area contributed by atoms with Crippen LogP contribution < -0.4 is 16.1 Å². The maximum Gasteiger partial charge on any atom is 0.413 e. The van der Waals surface area contributed by atoms with Crippen molar-refractivity contribution in [2.75, 3.05) is 11.5 Å². The first-order valence-electron chi connectivity index (χ1n) is 7.85. The fourth-order valence-electron chi connectivity index (χ4n) is 2.77. The van der Waals surface area contributed by atoms with Crippen LogP contribution in [0.3, 0.4) is 0 Å². The molecule has 1 aromatic carbocycles. The summed E-state index contributed by atoms with van der Waals surface area (Å²) in [6.07, 6.45) is -8.89. The van der Waals surface area contributed by atoms with E-state index < -0.39 is 36.6 Å². The number of nitrogen functional groups attached to an aromatic ring is 2. The summed E-state index contributed by atoms with van der Waals surface area (Å²) in [7, 11) is 0. The van der Waals surface area contributed by atoms with Crippen LogP contribution in [0.4, 0.5) is 11.8 Å². The molecule has 13 heteroatoms. The van der Waals surface area contributed by atoms with Crippen LogP contribution in [-0.2, 0) is 9.53 Å². The van der Waals surface area contributed by atoms with Gasteiger partial charge in [-0.05, 0) is 11.1 Å². The summed E-state index contributed by atoms with van der Waals surface area (Å²) in [6, 6.07) is 4.70. The summed E-state index contributed by atoms with van der Waals surface area (Å²) in [6.45, 7) is 0. The Labute approximate surface area is 167 Å². The van der Waals surface area contributed by atoms with E-state index >= 15 is 0 Å². The number of carbonyl (C=O) groups is 1. The van der Waals surface area contributed by atoms with Gasteiger partial charge in [0.1, 0.15) is 18.3 Å². The second kappa shape index (κ2) is 7.62. The van der Waals surface area contributed by atoms with Gasteiger partial charge in [-0.25, -0.2) is 4.79 Å². The number of aliphatic hydroxyl groups excluding tert-OH is 3. The summed E-state index contributed by atoms with van der Waals surface area (Å²) < 4.78 is 6.06. The van der Waals surface area contributed by atoms with E-state index in [1.54, 1.807) is 18.2 Å². The molecule has 0 unspecified atom stereocenters. The molecule has 5 atom stereocenters. The van der Waals surface area contributed by atoms with Crippen molar-refractivity contribution in [3.8, 4) is 11.3 Å². The number of carboxylic acid groups (broad SMARTS) is 1. The highest BCUT2D eigenvalue weighted by Crippen LogP contribution is 2.34. The third kappa shape index (κ3) is 3.43. The molecule has 2 aromatic rings. The van der Waals surface area contributed by atoms with Crippen molar-refractivity contribution in [3.63, 3.8) is 0 Å². The van der Waals surface area contributed by atoms with Gasteiger partial charge < -0.3 is 30.9 Å². The highest BCUT2D eigenvalue weighted by molar-refractivity contribution is 6.43. The van der Waals surface area contributed by atoms with Gasteiger partial charge >= 0.3 is 11.9 Å². The molecule has 0 amide bonds. The molecule has 1 aliphatic rings. The lowest BCUT2D eigenvalue weighted by Crippen LogP contribution is -2.65. The first kappa shape index (κ1) is 20.5. The molecule has 8 N–H and O–H groups in total.